The minimum absolute atomic E-state index is 0.449. The summed E-state index contributed by atoms with van der Waals surface area (Å²) in [6.45, 7) is 0. The van der Waals surface area contributed by atoms with Crippen molar-refractivity contribution in [3.63, 3.8) is 0 Å². The molecule has 0 aromatic carbocycles. The van der Waals surface area contributed by atoms with Crippen molar-refractivity contribution in [1.82, 2.24) is 0 Å². The summed E-state index contributed by atoms with van der Waals surface area (Å²) in [4.78, 5) is 11.6. The second kappa shape index (κ2) is 5.75. The monoisotopic (exact) mass is 295 g/mol. The molecule has 1 aromatic rings. The van der Waals surface area contributed by atoms with E-state index in [1.54, 1.807) is 11.3 Å². The Morgan fingerprint density at radius 3 is 2.93 bits per heavy atom. The molecule has 1 rings (SSSR count). The molecule has 1 atom stereocenters. The summed E-state index contributed by atoms with van der Waals surface area (Å²) >= 11 is 6.56. The van der Waals surface area contributed by atoms with E-state index in [-0.39, 0.29) is 0 Å². The van der Waals surface area contributed by atoms with Gasteiger partial charge in [-0.3, -0.25) is 4.79 Å². The zero-order chi connectivity index (χ0) is 10.6. The van der Waals surface area contributed by atoms with Crippen LogP contribution in [0.25, 0.3) is 0 Å². The number of nitrogens with two attached hydrogens (primary N) is 1. The molecule has 0 aliphatic heterocycles. The molecule has 3 N–H and O–H groups in total. The fraction of sp³-hybridized carbons (Fsp3) is 0.375. The van der Waals surface area contributed by atoms with E-state index in [1.165, 1.54) is 16.6 Å². The van der Waals surface area contributed by atoms with Gasteiger partial charge < -0.3 is 10.8 Å². The van der Waals surface area contributed by atoms with Gasteiger partial charge in [-0.15, -0.1) is 11.3 Å². The normalized spacial score (nSPS) is 12.7. The van der Waals surface area contributed by atoms with Crippen LogP contribution in [0, 0.1) is 0 Å². The Bertz CT molecular complexity index is 316. The number of hydrogen-bond acceptors (Lipinski definition) is 4. The molecule has 3 nitrogen and oxygen atoms in total. The lowest BCUT2D eigenvalue weighted by Gasteiger charge is -2.04. The van der Waals surface area contributed by atoms with Gasteiger partial charge >= 0.3 is 5.97 Å². The Labute approximate surface area is 98.8 Å². The maximum absolute atomic E-state index is 10.4. The third kappa shape index (κ3) is 4.00. The summed E-state index contributed by atoms with van der Waals surface area (Å²) in [6, 6.07) is 3.24. The molecule has 0 aliphatic carbocycles. The van der Waals surface area contributed by atoms with E-state index in [0.29, 0.717) is 5.75 Å². The van der Waals surface area contributed by atoms with Crippen molar-refractivity contribution in [3.05, 3.63) is 20.8 Å². The summed E-state index contributed by atoms with van der Waals surface area (Å²) in [5.41, 5.74) is 5.36. The lowest BCUT2D eigenvalue weighted by molar-refractivity contribution is -0.137. The SMILES string of the molecule is N[C@H](CSCc1ccc(Br)s1)C(=O)O. The zero-order valence-corrected chi connectivity index (χ0v) is 10.5. The van der Waals surface area contributed by atoms with Crippen LogP contribution in [0.4, 0.5) is 0 Å². The molecule has 0 radical (unpaired) electrons. The number of carbonyl (C=O) groups is 1. The second-order valence-electron chi connectivity index (χ2n) is 2.67. The summed E-state index contributed by atoms with van der Waals surface area (Å²) in [6.07, 6.45) is 0. The average Bonchev–Trinajstić information content (AvgIpc) is 2.51. The standard InChI is InChI=1S/C8H10BrNO2S2/c9-7-2-1-5(14-7)3-13-4-6(10)8(11)12/h1-2,6H,3-4,10H2,(H,11,12)/t6-/m1/s1. The Balaban J connectivity index is 2.25. The summed E-state index contributed by atoms with van der Waals surface area (Å²) in [7, 11) is 0. The number of thioether (sulfide) groups is 1. The number of rotatable bonds is 5. The molecule has 0 bridgehead atoms. The van der Waals surface area contributed by atoms with Gasteiger partial charge in [0.2, 0.25) is 0 Å². The van der Waals surface area contributed by atoms with Gasteiger partial charge in [0.1, 0.15) is 6.04 Å². The molecule has 78 valence electrons. The summed E-state index contributed by atoms with van der Waals surface area (Å²) in [5.74, 6) is 0.326. The van der Waals surface area contributed by atoms with Crippen molar-refractivity contribution >= 4 is 45.0 Å². The first-order chi connectivity index (χ1) is 6.59. The van der Waals surface area contributed by atoms with Gasteiger partial charge in [0.25, 0.3) is 0 Å². The van der Waals surface area contributed by atoms with Crippen molar-refractivity contribution in [1.29, 1.82) is 0 Å². The number of carboxylic acid groups (broad SMARTS) is 1. The van der Waals surface area contributed by atoms with Gasteiger partial charge in [-0.2, -0.15) is 11.8 Å². The van der Waals surface area contributed by atoms with Crippen LogP contribution in [-0.4, -0.2) is 22.9 Å². The average molecular weight is 296 g/mol. The van der Waals surface area contributed by atoms with Gasteiger partial charge in [-0.05, 0) is 28.1 Å². The van der Waals surface area contributed by atoms with Crippen molar-refractivity contribution in [2.24, 2.45) is 5.73 Å². The molecule has 0 unspecified atom stereocenters. The van der Waals surface area contributed by atoms with E-state index in [2.05, 4.69) is 15.9 Å². The first-order valence-electron chi connectivity index (χ1n) is 3.90. The number of aliphatic carboxylic acids is 1. The predicted octanol–water partition coefficient (Wildman–Crippen LogP) is 2.16. The first-order valence-corrected chi connectivity index (χ1v) is 6.66. The molecule has 0 saturated carbocycles. The van der Waals surface area contributed by atoms with Crippen LogP contribution >= 0.6 is 39.0 Å². The molecule has 0 fully saturated rings. The maximum Gasteiger partial charge on any atom is 0.321 e. The Hall–Kier alpha value is -0.0400. The van der Waals surface area contributed by atoms with Crippen molar-refractivity contribution in [2.75, 3.05) is 5.75 Å². The maximum atomic E-state index is 10.4. The van der Waals surface area contributed by atoms with E-state index < -0.39 is 12.0 Å². The molecule has 6 heteroatoms. The zero-order valence-electron chi connectivity index (χ0n) is 7.27. The highest BCUT2D eigenvalue weighted by atomic mass is 79.9. The third-order valence-corrected chi connectivity index (χ3v) is 4.40. The molecule has 0 aliphatic rings. The Morgan fingerprint density at radius 2 is 2.43 bits per heavy atom. The van der Waals surface area contributed by atoms with Crippen LogP contribution in [-0.2, 0) is 10.5 Å². The van der Waals surface area contributed by atoms with Crippen LogP contribution in [0.1, 0.15) is 4.88 Å². The summed E-state index contributed by atoms with van der Waals surface area (Å²) in [5, 5.41) is 8.54. The highest BCUT2D eigenvalue weighted by Crippen LogP contribution is 2.25. The van der Waals surface area contributed by atoms with E-state index in [4.69, 9.17) is 10.8 Å². The van der Waals surface area contributed by atoms with Gasteiger partial charge in [0.15, 0.2) is 0 Å². The minimum Gasteiger partial charge on any atom is -0.480 e. The van der Waals surface area contributed by atoms with Gasteiger partial charge in [-0.25, -0.2) is 0 Å². The summed E-state index contributed by atoms with van der Waals surface area (Å²) < 4.78 is 1.09. The first kappa shape index (κ1) is 12.0. The van der Waals surface area contributed by atoms with Gasteiger partial charge in [0, 0.05) is 16.4 Å². The topological polar surface area (TPSA) is 63.3 Å². The Morgan fingerprint density at radius 1 is 1.71 bits per heavy atom. The fourth-order valence-corrected chi connectivity index (χ4v) is 3.36. The lowest BCUT2D eigenvalue weighted by Crippen LogP contribution is -2.32. The van der Waals surface area contributed by atoms with Gasteiger partial charge in [0.05, 0.1) is 3.79 Å². The van der Waals surface area contributed by atoms with E-state index >= 15 is 0 Å². The van der Waals surface area contributed by atoms with Crippen molar-refractivity contribution in [3.8, 4) is 0 Å². The number of carboxylic acids is 1. The van der Waals surface area contributed by atoms with E-state index in [9.17, 15) is 4.79 Å². The minimum atomic E-state index is -0.940. The van der Waals surface area contributed by atoms with Crippen LogP contribution in [0.5, 0.6) is 0 Å². The molecule has 0 spiro atoms. The quantitative estimate of drug-likeness (QED) is 0.874. The van der Waals surface area contributed by atoms with Crippen LogP contribution in [0.3, 0.4) is 0 Å². The van der Waals surface area contributed by atoms with Crippen LogP contribution in [0.2, 0.25) is 0 Å². The molecule has 1 heterocycles. The largest absolute Gasteiger partial charge is 0.480 e. The lowest BCUT2D eigenvalue weighted by atomic mass is 10.4. The van der Waals surface area contributed by atoms with Crippen LogP contribution < -0.4 is 5.73 Å². The van der Waals surface area contributed by atoms with E-state index in [1.807, 2.05) is 12.1 Å². The number of halogens is 1. The highest BCUT2D eigenvalue weighted by molar-refractivity contribution is 9.11. The highest BCUT2D eigenvalue weighted by Gasteiger charge is 2.10. The smallest absolute Gasteiger partial charge is 0.321 e. The third-order valence-electron chi connectivity index (χ3n) is 1.49. The number of thiophene rings is 1. The van der Waals surface area contributed by atoms with Crippen LogP contribution in [0.15, 0.2) is 15.9 Å². The fourth-order valence-electron chi connectivity index (χ4n) is 0.787. The van der Waals surface area contributed by atoms with Crippen molar-refractivity contribution < 1.29 is 9.90 Å². The molecule has 1 aromatic heterocycles. The molecular weight excluding hydrogens is 286 g/mol. The molecule has 0 amide bonds. The second-order valence-corrected chi connectivity index (χ2v) is 6.24. The van der Waals surface area contributed by atoms with Gasteiger partial charge in [-0.1, -0.05) is 0 Å². The van der Waals surface area contributed by atoms with Crippen molar-refractivity contribution in [2.45, 2.75) is 11.8 Å². The molecular formula is C8H10BrNO2S2. The Kier molecular flexibility index (Phi) is 4.94. The predicted molar refractivity (Wildman–Crippen MR) is 63.8 cm³/mol. The molecule has 14 heavy (non-hydrogen) atoms. The molecule has 0 saturated heterocycles. The van der Waals surface area contributed by atoms with E-state index in [0.717, 1.165) is 9.54 Å². The number of hydrogen-bond donors (Lipinski definition) is 2.